The fraction of sp³-hybridized carbons (Fsp3) is 0.0769. The minimum Gasteiger partial charge on any atom is -0.478 e. The summed E-state index contributed by atoms with van der Waals surface area (Å²) in [4.78, 5) is 25.2. The van der Waals surface area contributed by atoms with E-state index in [0.717, 1.165) is 12.3 Å². The molecule has 0 saturated heterocycles. The Kier molecular flexibility index (Phi) is 4.04. The molecule has 7 nitrogen and oxygen atoms in total. The highest BCUT2D eigenvalue weighted by atomic mass is 35.5. The normalized spacial score (nSPS) is 10.2. The van der Waals surface area contributed by atoms with Gasteiger partial charge in [-0.3, -0.25) is 10.1 Å². The zero-order chi connectivity index (χ0) is 15.6. The number of aromatic carboxylic acids is 1. The third-order valence-corrected chi connectivity index (χ3v) is 2.96. The van der Waals surface area contributed by atoms with Crippen LogP contribution in [0.15, 0.2) is 30.5 Å². The highest BCUT2D eigenvalue weighted by Gasteiger charge is 2.19. The third kappa shape index (κ3) is 3.09. The van der Waals surface area contributed by atoms with Crippen LogP contribution >= 0.6 is 11.6 Å². The van der Waals surface area contributed by atoms with Crippen LogP contribution in [0.1, 0.15) is 15.9 Å². The van der Waals surface area contributed by atoms with Gasteiger partial charge in [-0.15, -0.1) is 0 Å². The van der Waals surface area contributed by atoms with E-state index < -0.39 is 10.9 Å². The zero-order valence-electron chi connectivity index (χ0n) is 10.7. The number of aryl methyl sites for hydroxylation is 1. The van der Waals surface area contributed by atoms with Crippen molar-refractivity contribution in [3.05, 3.63) is 56.7 Å². The lowest BCUT2D eigenvalue weighted by atomic mass is 10.2. The number of pyridine rings is 1. The first-order chi connectivity index (χ1) is 9.90. The Balaban J connectivity index is 2.46. The number of carboxylic acid groups (broad SMARTS) is 1. The molecule has 0 unspecified atom stereocenters. The molecule has 1 N–H and O–H groups in total. The molecule has 0 aliphatic heterocycles. The first kappa shape index (κ1) is 14.7. The maximum atomic E-state index is 11.0. The van der Waals surface area contributed by atoms with Crippen molar-refractivity contribution < 1.29 is 19.6 Å². The third-order valence-electron chi connectivity index (χ3n) is 2.66. The highest BCUT2D eigenvalue weighted by Crippen LogP contribution is 2.34. The molecule has 0 bridgehead atoms. The summed E-state index contributed by atoms with van der Waals surface area (Å²) < 4.78 is 5.37. The lowest BCUT2D eigenvalue weighted by Gasteiger charge is -2.09. The van der Waals surface area contributed by atoms with Crippen LogP contribution in [0.3, 0.4) is 0 Å². The molecule has 0 fully saturated rings. The predicted molar refractivity (Wildman–Crippen MR) is 74.1 cm³/mol. The first-order valence-corrected chi connectivity index (χ1v) is 6.08. The molecule has 0 aliphatic rings. The van der Waals surface area contributed by atoms with Crippen molar-refractivity contribution in [1.29, 1.82) is 0 Å². The second kappa shape index (κ2) is 5.76. The van der Waals surface area contributed by atoms with Gasteiger partial charge in [0.2, 0.25) is 11.6 Å². The smallest absolute Gasteiger partial charge is 0.337 e. The minimum absolute atomic E-state index is 0.00802. The number of nitrogens with zero attached hydrogens (tertiary/aromatic N) is 2. The Bertz CT molecular complexity index is 732. The van der Waals surface area contributed by atoms with Crippen LogP contribution in [0.5, 0.6) is 11.6 Å². The van der Waals surface area contributed by atoms with Crippen molar-refractivity contribution in [2.45, 2.75) is 6.92 Å². The molecule has 1 heterocycles. The zero-order valence-corrected chi connectivity index (χ0v) is 11.5. The number of nitro groups is 1. The van der Waals surface area contributed by atoms with E-state index in [1.807, 2.05) is 0 Å². The van der Waals surface area contributed by atoms with Gasteiger partial charge in [-0.1, -0.05) is 23.7 Å². The topological polar surface area (TPSA) is 103 Å². The number of benzene rings is 1. The fourth-order valence-electron chi connectivity index (χ4n) is 1.66. The maximum absolute atomic E-state index is 11.0. The quantitative estimate of drug-likeness (QED) is 0.685. The monoisotopic (exact) mass is 308 g/mol. The number of aromatic nitrogens is 1. The lowest BCUT2D eigenvalue weighted by Crippen LogP contribution is -2.01. The molecule has 0 spiro atoms. The summed E-state index contributed by atoms with van der Waals surface area (Å²) in [6.45, 7) is 1.64. The predicted octanol–water partition coefficient (Wildman–Crippen LogP) is 3.44. The molecular weight excluding hydrogens is 300 g/mol. The summed E-state index contributed by atoms with van der Waals surface area (Å²) in [5.74, 6) is -1.32. The Morgan fingerprint density at radius 1 is 1.48 bits per heavy atom. The van der Waals surface area contributed by atoms with Gasteiger partial charge in [0.15, 0.2) is 0 Å². The standard InChI is InChI=1S/C13H9ClN2O5/c1-7-3-2-4-10(16(19)20)12(7)21-11-5-8(13(17)18)9(14)6-15-11/h2-6H,1H3,(H,17,18). The van der Waals surface area contributed by atoms with E-state index in [0.29, 0.717) is 5.56 Å². The van der Waals surface area contributed by atoms with Gasteiger partial charge in [0.25, 0.3) is 0 Å². The molecular formula is C13H9ClN2O5. The summed E-state index contributed by atoms with van der Waals surface area (Å²) in [5.41, 5.74) is 0.0966. The van der Waals surface area contributed by atoms with Crippen LogP contribution < -0.4 is 4.74 Å². The van der Waals surface area contributed by atoms with Gasteiger partial charge in [0.05, 0.1) is 21.7 Å². The van der Waals surface area contributed by atoms with E-state index in [4.69, 9.17) is 21.4 Å². The Morgan fingerprint density at radius 2 is 2.19 bits per heavy atom. The van der Waals surface area contributed by atoms with Gasteiger partial charge in [0, 0.05) is 12.1 Å². The molecule has 0 atom stereocenters. The summed E-state index contributed by atoms with van der Waals surface area (Å²) in [7, 11) is 0. The number of hydrogen-bond donors (Lipinski definition) is 1. The number of ether oxygens (including phenoxy) is 1. The molecule has 21 heavy (non-hydrogen) atoms. The van der Waals surface area contributed by atoms with E-state index in [9.17, 15) is 14.9 Å². The van der Waals surface area contributed by atoms with E-state index in [-0.39, 0.29) is 27.9 Å². The van der Waals surface area contributed by atoms with Crippen LogP contribution in [0.4, 0.5) is 5.69 Å². The molecule has 1 aromatic carbocycles. The molecule has 0 aliphatic carbocycles. The van der Waals surface area contributed by atoms with E-state index in [2.05, 4.69) is 4.98 Å². The molecule has 2 rings (SSSR count). The van der Waals surface area contributed by atoms with Crippen LogP contribution in [-0.2, 0) is 0 Å². The van der Waals surface area contributed by atoms with Gasteiger partial charge in [-0.25, -0.2) is 9.78 Å². The second-order valence-electron chi connectivity index (χ2n) is 4.09. The van der Waals surface area contributed by atoms with Gasteiger partial charge in [-0.2, -0.15) is 0 Å². The van der Waals surface area contributed by atoms with E-state index in [1.54, 1.807) is 13.0 Å². The summed E-state index contributed by atoms with van der Waals surface area (Å²) in [6, 6.07) is 5.56. The molecule has 108 valence electrons. The van der Waals surface area contributed by atoms with Crippen LogP contribution in [0.2, 0.25) is 5.02 Å². The average Bonchev–Trinajstić information content (AvgIpc) is 2.42. The summed E-state index contributed by atoms with van der Waals surface area (Å²) >= 11 is 5.70. The number of para-hydroxylation sites is 1. The molecule has 0 saturated carbocycles. The summed E-state index contributed by atoms with van der Waals surface area (Å²) in [5, 5.41) is 19.9. The Morgan fingerprint density at radius 3 is 2.81 bits per heavy atom. The number of rotatable bonds is 4. The molecule has 2 aromatic rings. The number of hydrogen-bond acceptors (Lipinski definition) is 5. The first-order valence-electron chi connectivity index (χ1n) is 5.71. The van der Waals surface area contributed by atoms with Gasteiger partial charge >= 0.3 is 11.7 Å². The van der Waals surface area contributed by atoms with E-state index >= 15 is 0 Å². The molecule has 0 radical (unpaired) electrons. The Hall–Kier alpha value is -2.67. The number of carboxylic acids is 1. The van der Waals surface area contributed by atoms with Gasteiger partial charge < -0.3 is 9.84 Å². The van der Waals surface area contributed by atoms with Crippen molar-refractivity contribution in [1.82, 2.24) is 4.98 Å². The van der Waals surface area contributed by atoms with Crippen molar-refractivity contribution in [2.24, 2.45) is 0 Å². The van der Waals surface area contributed by atoms with Gasteiger partial charge in [0.1, 0.15) is 0 Å². The van der Waals surface area contributed by atoms with Crippen molar-refractivity contribution >= 4 is 23.3 Å². The van der Waals surface area contributed by atoms with Crippen molar-refractivity contribution in [2.75, 3.05) is 0 Å². The summed E-state index contributed by atoms with van der Waals surface area (Å²) in [6.07, 6.45) is 1.12. The van der Waals surface area contributed by atoms with E-state index in [1.165, 1.54) is 12.1 Å². The van der Waals surface area contributed by atoms with Crippen LogP contribution in [0, 0.1) is 17.0 Å². The molecule has 1 aromatic heterocycles. The van der Waals surface area contributed by atoms with Crippen LogP contribution in [0.25, 0.3) is 0 Å². The average molecular weight is 309 g/mol. The van der Waals surface area contributed by atoms with Crippen molar-refractivity contribution in [3.63, 3.8) is 0 Å². The number of halogens is 1. The fourth-order valence-corrected chi connectivity index (χ4v) is 1.84. The number of carbonyl (C=O) groups is 1. The van der Waals surface area contributed by atoms with Crippen molar-refractivity contribution in [3.8, 4) is 11.6 Å². The lowest BCUT2D eigenvalue weighted by molar-refractivity contribution is -0.385. The van der Waals surface area contributed by atoms with Crippen LogP contribution in [-0.4, -0.2) is 21.0 Å². The highest BCUT2D eigenvalue weighted by molar-refractivity contribution is 6.33. The largest absolute Gasteiger partial charge is 0.478 e. The molecule has 8 heteroatoms. The number of nitro benzene ring substituents is 1. The Labute approximate surface area is 123 Å². The van der Waals surface area contributed by atoms with Gasteiger partial charge in [-0.05, 0) is 12.5 Å². The minimum atomic E-state index is -1.24. The maximum Gasteiger partial charge on any atom is 0.337 e. The second-order valence-corrected chi connectivity index (χ2v) is 4.50. The SMILES string of the molecule is Cc1cccc([N+](=O)[O-])c1Oc1cc(C(=O)O)c(Cl)cn1. The molecule has 0 amide bonds.